The van der Waals surface area contributed by atoms with Crippen molar-refractivity contribution in [1.82, 2.24) is 5.32 Å². The molecule has 4 heteroatoms. The molecule has 1 N–H and O–H groups in total. The van der Waals surface area contributed by atoms with Crippen LogP contribution < -0.4 is 10.1 Å². The Labute approximate surface area is 147 Å². The minimum Gasteiger partial charge on any atom is -0.481 e. The van der Waals surface area contributed by atoms with E-state index in [1.807, 2.05) is 30.3 Å². The summed E-state index contributed by atoms with van der Waals surface area (Å²) < 4.78 is 5.65. The number of allylic oxidation sites excluding steroid dienone is 1. The summed E-state index contributed by atoms with van der Waals surface area (Å²) in [5.74, 6) is 6.29. The van der Waals surface area contributed by atoms with Crippen LogP contribution in [0, 0.1) is 11.8 Å². The van der Waals surface area contributed by atoms with E-state index in [2.05, 4.69) is 23.7 Å². The van der Waals surface area contributed by atoms with Crippen LogP contribution >= 0.6 is 11.6 Å². The number of nitrogens with one attached hydrogen (secondary N) is 1. The van der Waals surface area contributed by atoms with Crippen molar-refractivity contribution in [2.45, 2.75) is 6.42 Å². The summed E-state index contributed by atoms with van der Waals surface area (Å²) in [4.78, 5) is 11.9. The zero-order chi connectivity index (χ0) is 17.2. The first-order valence-corrected chi connectivity index (χ1v) is 7.90. The van der Waals surface area contributed by atoms with Crippen LogP contribution in [0.3, 0.4) is 0 Å². The van der Waals surface area contributed by atoms with Crippen LogP contribution in [0.1, 0.15) is 15.9 Å². The molecule has 0 heterocycles. The normalized spacial score (nSPS) is 9.54. The number of para-hydroxylation sites is 1. The fourth-order valence-electron chi connectivity index (χ4n) is 2.06. The van der Waals surface area contributed by atoms with Gasteiger partial charge in [-0.15, -0.1) is 6.58 Å². The third-order valence-electron chi connectivity index (χ3n) is 3.22. The van der Waals surface area contributed by atoms with Crippen molar-refractivity contribution in [2.75, 3.05) is 13.2 Å². The SMILES string of the molecule is C=CCc1ccccc1OCC#CCNC(=O)c1ccccc1Cl. The van der Waals surface area contributed by atoms with E-state index in [1.165, 1.54) is 0 Å². The van der Waals surface area contributed by atoms with Gasteiger partial charge < -0.3 is 10.1 Å². The Bertz CT molecular complexity index is 774. The number of amides is 1. The second kappa shape index (κ2) is 9.44. The molecule has 0 aliphatic heterocycles. The predicted octanol–water partition coefficient (Wildman–Crippen LogP) is 3.88. The lowest BCUT2D eigenvalue weighted by molar-refractivity contribution is 0.0959. The summed E-state index contributed by atoms with van der Waals surface area (Å²) in [5.41, 5.74) is 1.51. The van der Waals surface area contributed by atoms with E-state index >= 15 is 0 Å². The molecule has 2 aromatic rings. The first-order valence-electron chi connectivity index (χ1n) is 7.52. The summed E-state index contributed by atoms with van der Waals surface area (Å²) in [6.07, 6.45) is 2.58. The van der Waals surface area contributed by atoms with Crippen molar-refractivity contribution in [3.05, 3.63) is 77.3 Å². The number of carbonyl (C=O) groups is 1. The van der Waals surface area contributed by atoms with Gasteiger partial charge in [-0.05, 0) is 30.2 Å². The molecule has 2 rings (SSSR count). The van der Waals surface area contributed by atoms with Gasteiger partial charge in [-0.1, -0.05) is 59.8 Å². The lowest BCUT2D eigenvalue weighted by Crippen LogP contribution is -2.23. The Hall–Kier alpha value is -2.70. The molecule has 0 aliphatic carbocycles. The predicted molar refractivity (Wildman–Crippen MR) is 97.4 cm³/mol. The van der Waals surface area contributed by atoms with E-state index in [0.717, 1.165) is 17.7 Å². The molecule has 2 aromatic carbocycles. The Morgan fingerprint density at radius 1 is 1.17 bits per heavy atom. The molecular formula is C20H18ClNO2. The number of ether oxygens (including phenoxy) is 1. The van der Waals surface area contributed by atoms with Gasteiger partial charge in [-0.2, -0.15) is 0 Å². The van der Waals surface area contributed by atoms with Gasteiger partial charge in [0, 0.05) is 0 Å². The summed E-state index contributed by atoms with van der Waals surface area (Å²) in [6.45, 7) is 4.23. The second-order valence-corrected chi connectivity index (χ2v) is 5.31. The highest BCUT2D eigenvalue weighted by molar-refractivity contribution is 6.33. The van der Waals surface area contributed by atoms with E-state index in [-0.39, 0.29) is 19.1 Å². The number of halogens is 1. The molecule has 0 fully saturated rings. The fourth-order valence-corrected chi connectivity index (χ4v) is 2.28. The minimum absolute atomic E-state index is 0.238. The van der Waals surface area contributed by atoms with E-state index in [1.54, 1.807) is 24.3 Å². The molecule has 0 aliphatic rings. The zero-order valence-corrected chi connectivity index (χ0v) is 14.0. The lowest BCUT2D eigenvalue weighted by Gasteiger charge is -2.07. The largest absolute Gasteiger partial charge is 0.481 e. The highest BCUT2D eigenvalue weighted by atomic mass is 35.5. The highest BCUT2D eigenvalue weighted by Crippen LogP contribution is 2.18. The molecule has 0 radical (unpaired) electrons. The molecule has 1 amide bonds. The van der Waals surface area contributed by atoms with E-state index in [4.69, 9.17) is 16.3 Å². The highest BCUT2D eigenvalue weighted by Gasteiger charge is 2.07. The maximum absolute atomic E-state index is 11.9. The Kier molecular flexibility index (Phi) is 6.94. The van der Waals surface area contributed by atoms with Gasteiger partial charge in [0.1, 0.15) is 12.4 Å². The second-order valence-electron chi connectivity index (χ2n) is 4.91. The van der Waals surface area contributed by atoms with Gasteiger partial charge in [0.15, 0.2) is 0 Å². The molecule has 3 nitrogen and oxygen atoms in total. The summed E-state index contributed by atoms with van der Waals surface area (Å²) in [6, 6.07) is 14.7. The fraction of sp³-hybridized carbons (Fsp3) is 0.150. The Balaban J connectivity index is 1.80. The van der Waals surface area contributed by atoms with Crippen molar-refractivity contribution < 1.29 is 9.53 Å². The monoisotopic (exact) mass is 339 g/mol. The molecule has 0 spiro atoms. The average molecular weight is 340 g/mol. The van der Waals surface area contributed by atoms with Crippen LogP contribution in [-0.2, 0) is 6.42 Å². The topological polar surface area (TPSA) is 38.3 Å². The van der Waals surface area contributed by atoms with Crippen LogP contribution in [0.5, 0.6) is 5.75 Å². The number of carbonyl (C=O) groups excluding carboxylic acids is 1. The summed E-state index contributed by atoms with van der Waals surface area (Å²) in [7, 11) is 0. The van der Waals surface area contributed by atoms with Crippen LogP contribution in [0.15, 0.2) is 61.2 Å². The van der Waals surface area contributed by atoms with E-state index < -0.39 is 0 Å². The molecule has 24 heavy (non-hydrogen) atoms. The van der Waals surface area contributed by atoms with Gasteiger partial charge in [0.2, 0.25) is 0 Å². The van der Waals surface area contributed by atoms with Crippen molar-refractivity contribution in [3.8, 4) is 17.6 Å². The maximum atomic E-state index is 11.9. The van der Waals surface area contributed by atoms with Gasteiger partial charge in [-0.3, -0.25) is 4.79 Å². The summed E-state index contributed by atoms with van der Waals surface area (Å²) >= 11 is 5.97. The summed E-state index contributed by atoms with van der Waals surface area (Å²) in [5, 5.41) is 3.13. The van der Waals surface area contributed by atoms with Gasteiger partial charge in [-0.25, -0.2) is 0 Å². The van der Waals surface area contributed by atoms with Crippen LogP contribution in [0.4, 0.5) is 0 Å². The lowest BCUT2D eigenvalue weighted by atomic mass is 10.1. The molecular weight excluding hydrogens is 322 g/mol. The maximum Gasteiger partial charge on any atom is 0.253 e. The van der Waals surface area contributed by atoms with E-state index in [0.29, 0.717) is 10.6 Å². The minimum atomic E-state index is -0.243. The molecule has 0 saturated heterocycles. The number of hydrogen-bond donors (Lipinski definition) is 1. The molecule has 122 valence electrons. The quantitative estimate of drug-likeness (QED) is 0.640. The van der Waals surface area contributed by atoms with Crippen LogP contribution in [0.25, 0.3) is 0 Å². The van der Waals surface area contributed by atoms with Crippen molar-refractivity contribution >= 4 is 17.5 Å². The average Bonchev–Trinajstić information content (AvgIpc) is 2.59. The third kappa shape index (κ3) is 5.19. The molecule has 0 unspecified atom stereocenters. The first kappa shape index (κ1) is 17.7. The van der Waals surface area contributed by atoms with Gasteiger partial charge in [0.25, 0.3) is 5.91 Å². The molecule has 0 bridgehead atoms. The van der Waals surface area contributed by atoms with Crippen LogP contribution in [0.2, 0.25) is 5.02 Å². The van der Waals surface area contributed by atoms with Crippen molar-refractivity contribution in [3.63, 3.8) is 0 Å². The number of hydrogen-bond acceptors (Lipinski definition) is 2. The number of rotatable bonds is 6. The Morgan fingerprint density at radius 2 is 1.92 bits per heavy atom. The molecule has 0 saturated carbocycles. The van der Waals surface area contributed by atoms with Gasteiger partial charge in [0.05, 0.1) is 17.1 Å². The third-order valence-corrected chi connectivity index (χ3v) is 3.55. The molecule has 0 aromatic heterocycles. The number of benzene rings is 2. The van der Waals surface area contributed by atoms with Crippen molar-refractivity contribution in [2.24, 2.45) is 0 Å². The van der Waals surface area contributed by atoms with Crippen LogP contribution in [-0.4, -0.2) is 19.1 Å². The van der Waals surface area contributed by atoms with Gasteiger partial charge >= 0.3 is 0 Å². The standard InChI is InChI=1S/C20H18ClNO2/c1-2-9-16-10-3-6-13-19(16)24-15-8-7-14-22-20(23)17-11-4-5-12-18(17)21/h2-6,10-13H,1,9,14-15H2,(H,22,23). The molecule has 0 atom stereocenters. The first-order chi connectivity index (χ1) is 11.7. The smallest absolute Gasteiger partial charge is 0.253 e. The zero-order valence-electron chi connectivity index (χ0n) is 13.2. The van der Waals surface area contributed by atoms with E-state index in [9.17, 15) is 4.79 Å². The van der Waals surface area contributed by atoms with Crippen molar-refractivity contribution in [1.29, 1.82) is 0 Å². The Morgan fingerprint density at radius 3 is 2.71 bits per heavy atom.